The summed E-state index contributed by atoms with van der Waals surface area (Å²) < 4.78 is 42.7. The summed E-state index contributed by atoms with van der Waals surface area (Å²) in [5, 5.41) is 10.8. The number of rotatable bonds is 3. The fraction of sp³-hybridized carbons (Fsp3) is 0.143. The van der Waals surface area contributed by atoms with Gasteiger partial charge in [0.2, 0.25) is 0 Å². The Morgan fingerprint density at radius 2 is 1.71 bits per heavy atom. The van der Waals surface area contributed by atoms with E-state index in [-0.39, 0.29) is 5.69 Å². The van der Waals surface area contributed by atoms with E-state index in [4.69, 9.17) is 4.74 Å². The minimum Gasteiger partial charge on any atom is -0.496 e. The number of nitro groups is 1. The lowest BCUT2D eigenvalue weighted by atomic mass is 10.0. The van der Waals surface area contributed by atoms with Crippen LogP contribution in [0.1, 0.15) is 5.56 Å². The molecule has 0 N–H and O–H groups in total. The molecule has 0 saturated carbocycles. The van der Waals surface area contributed by atoms with E-state index in [0.717, 1.165) is 12.1 Å². The van der Waals surface area contributed by atoms with Crippen molar-refractivity contribution in [3.63, 3.8) is 0 Å². The highest BCUT2D eigenvalue weighted by molar-refractivity contribution is 5.73. The SMILES string of the molecule is COc1ccc([N+](=O)[O-])cc1-c1ccc(C(F)(F)F)cc1. The summed E-state index contributed by atoms with van der Waals surface area (Å²) >= 11 is 0. The van der Waals surface area contributed by atoms with Gasteiger partial charge in [-0.05, 0) is 23.8 Å². The lowest BCUT2D eigenvalue weighted by molar-refractivity contribution is -0.384. The van der Waals surface area contributed by atoms with Crippen molar-refractivity contribution in [3.05, 3.63) is 58.1 Å². The summed E-state index contributed by atoms with van der Waals surface area (Å²) in [7, 11) is 1.38. The third-order valence-electron chi connectivity index (χ3n) is 2.92. The molecule has 0 heterocycles. The lowest BCUT2D eigenvalue weighted by Gasteiger charge is -2.10. The molecule has 0 fully saturated rings. The summed E-state index contributed by atoms with van der Waals surface area (Å²) in [4.78, 5) is 10.2. The first-order valence-corrected chi connectivity index (χ1v) is 5.83. The summed E-state index contributed by atoms with van der Waals surface area (Å²) in [5.41, 5.74) is -0.176. The van der Waals surface area contributed by atoms with Crippen molar-refractivity contribution >= 4 is 5.69 Å². The van der Waals surface area contributed by atoms with Crippen LogP contribution in [0.25, 0.3) is 11.1 Å². The van der Waals surface area contributed by atoms with Crippen molar-refractivity contribution in [2.24, 2.45) is 0 Å². The molecular weight excluding hydrogens is 287 g/mol. The number of hydrogen-bond donors (Lipinski definition) is 0. The van der Waals surface area contributed by atoms with Gasteiger partial charge in [-0.3, -0.25) is 10.1 Å². The topological polar surface area (TPSA) is 52.4 Å². The zero-order valence-corrected chi connectivity index (χ0v) is 10.8. The second-order valence-electron chi connectivity index (χ2n) is 4.22. The van der Waals surface area contributed by atoms with E-state index in [9.17, 15) is 23.3 Å². The van der Waals surface area contributed by atoms with E-state index < -0.39 is 16.7 Å². The Labute approximate surface area is 117 Å². The summed E-state index contributed by atoms with van der Waals surface area (Å²) in [6, 6.07) is 8.30. The van der Waals surface area contributed by atoms with Gasteiger partial charge < -0.3 is 4.74 Å². The Hall–Kier alpha value is -2.57. The largest absolute Gasteiger partial charge is 0.496 e. The monoisotopic (exact) mass is 297 g/mol. The van der Waals surface area contributed by atoms with Crippen LogP contribution in [0.3, 0.4) is 0 Å². The molecule has 0 radical (unpaired) electrons. The quantitative estimate of drug-likeness (QED) is 0.627. The van der Waals surface area contributed by atoms with Gasteiger partial charge in [-0.1, -0.05) is 12.1 Å². The number of halogens is 3. The second-order valence-corrected chi connectivity index (χ2v) is 4.22. The van der Waals surface area contributed by atoms with E-state index >= 15 is 0 Å². The van der Waals surface area contributed by atoms with Gasteiger partial charge in [-0.15, -0.1) is 0 Å². The normalized spacial score (nSPS) is 11.2. The van der Waals surface area contributed by atoms with E-state index in [1.165, 1.54) is 37.4 Å². The minimum absolute atomic E-state index is 0.161. The Kier molecular flexibility index (Phi) is 3.84. The first-order valence-electron chi connectivity index (χ1n) is 5.83. The maximum absolute atomic E-state index is 12.5. The van der Waals surface area contributed by atoms with Gasteiger partial charge >= 0.3 is 6.18 Å². The Balaban J connectivity index is 2.50. The molecule has 0 saturated heterocycles. The number of nitrogens with zero attached hydrogens (tertiary/aromatic N) is 1. The number of benzene rings is 2. The molecular formula is C14H10F3NO3. The van der Waals surface area contributed by atoms with E-state index in [1.807, 2.05) is 0 Å². The smallest absolute Gasteiger partial charge is 0.416 e. The molecule has 2 aromatic rings. The summed E-state index contributed by atoms with van der Waals surface area (Å²) in [6.45, 7) is 0. The molecule has 0 spiro atoms. The molecule has 0 bridgehead atoms. The van der Waals surface area contributed by atoms with Gasteiger partial charge in [-0.25, -0.2) is 0 Å². The van der Waals surface area contributed by atoms with Crippen LogP contribution in [0.2, 0.25) is 0 Å². The highest BCUT2D eigenvalue weighted by atomic mass is 19.4. The van der Waals surface area contributed by atoms with Crippen LogP contribution in [0.4, 0.5) is 18.9 Å². The molecule has 0 aliphatic rings. The third kappa shape index (κ3) is 3.13. The van der Waals surface area contributed by atoms with Crippen LogP contribution in [0.5, 0.6) is 5.75 Å². The average Bonchev–Trinajstić information content (AvgIpc) is 2.45. The highest BCUT2D eigenvalue weighted by Crippen LogP contribution is 2.35. The summed E-state index contributed by atoms with van der Waals surface area (Å²) in [6.07, 6.45) is -4.43. The first kappa shape index (κ1) is 14.8. The Morgan fingerprint density at radius 3 is 2.19 bits per heavy atom. The molecule has 0 aliphatic heterocycles. The average molecular weight is 297 g/mol. The lowest BCUT2D eigenvalue weighted by Crippen LogP contribution is -2.04. The minimum atomic E-state index is -4.43. The predicted molar refractivity (Wildman–Crippen MR) is 70.1 cm³/mol. The van der Waals surface area contributed by atoms with E-state index in [1.54, 1.807) is 0 Å². The zero-order valence-electron chi connectivity index (χ0n) is 10.8. The standard InChI is InChI=1S/C14H10F3NO3/c1-21-13-7-6-11(18(19)20)8-12(13)9-2-4-10(5-3-9)14(15,16)17/h2-8H,1H3. The maximum atomic E-state index is 12.5. The number of hydrogen-bond acceptors (Lipinski definition) is 3. The van der Waals surface area contributed by atoms with E-state index in [0.29, 0.717) is 16.9 Å². The molecule has 110 valence electrons. The molecule has 2 rings (SSSR count). The number of nitro benzene ring substituents is 1. The van der Waals surface area contributed by atoms with Crippen LogP contribution >= 0.6 is 0 Å². The van der Waals surface area contributed by atoms with Crippen molar-refractivity contribution in [3.8, 4) is 16.9 Å². The fourth-order valence-electron chi connectivity index (χ4n) is 1.87. The van der Waals surface area contributed by atoms with Crippen molar-refractivity contribution in [2.45, 2.75) is 6.18 Å². The maximum Gasteiger partial charge on any atom is 0.416 e. The Morgan fingerprint density at radius 1 is 1.10 bits per heavy atom. The van der Waals surface area contributed by atoms with Crippen LogP contribution in [-0.2, 0) is 6.18 Å². The number of alkyl halides is 3. The number of methoxy groups -OCH3 is 1. The van der Waals surface area contributed by atoms with Gasteiger partial charge in [0.1, 0.15) is 5.75 Å². The molecule has 4 nitrogen and oxygen atoms in total. The molecule has 21 heavy (non-hydrogen) atoms. The number of ether oxygens (including phenoxy) is 1. The zero-order chi connectivity index (χ0) is 15.6. The van der Waals surface area contributed by atoms with Gasteiger partial charge in [0.05, 0.1) is 17.6 Å². The Bertz CT molecular complexity index is 666. The van der Waals surface area contributed by atoms with Crippen LogP contribution in [-0.4, -0.2) is 12.0 Å². The van der Waals surface area contributed by atoms with E-state index in [2.05, 4.69) is 0 Å². The summed E-state index contributed by atoms with van der Waals surface area (Å²) in [5.74, 6) is 0.348. The number of non-ortho nitro benzene ring substituents is 1. The highest BCUT2D eigenvalue weighted by Gasteiger charge is 2.30. The van der Waals surface area contributed by atoms with Crippen molar-refractivity contribution < 1.29 is 22.8 Å². The molecule has 0 aromatic heterocycles. The molecule has 7 heteroatoms. The second kappa shape index (κ2) is 5.43. The van der Waals surface area contributed by atoms with Crippen LogP contribution in [0, 0.1) is 10.1 Å². The van der Waals surface area contributed by atoms with Crippen molar-refractivity contribution in [1.82, 2.24) is 0 Å². The van der Waals surface area contributed by atoms with Crippen molar-refractivity contribution in [1.29, 1.82) is 0 Å². The van der Waals surface area contributed by atoms with Gasteiger partial charge in [0.25, 0.3) is 5.69 Å². The van der Waals surface area contributed by atoms with Crippen molar-refractivity contribution in [2.75, 3.05) is 7.11 Å². The molecule has 0 amide bonds. The fourth-order valence-corrected chi connectivity index (χ4v) is 1.87. The third-order valence-corrected chi connectivity index (χ3v) is 2.92. The van der Waals surface area contributed by atoms with Gasteiger partial charge in [0, 0.05) is 17.7 Å². The first-order chi connectivity index (χ1) is 9.82. The van der Waals surface area contributed by atoms with Gasteiger partial charge in [0.15, 0.2) is 0 Å². The van der Waals surface area contributed by atoms with Gasteiger partial charge in [-0.2, -0.15) is 13.2 Å². The molecule has 0 aliphatic carbocycles. The molecule has 0 atom stereocenters. The molecule has 2 aromatic carbocycles. The molecule has 0 unspecified atom stereocenters. The predicted octanol–water partition coefficient (Wildman–Crippen LogP) is 4.29. The van der Waals surface area contributed by atoms with Crippen LogP contribution in [0.15, 0.2) is 42.5 Å². The van der Waals surface area contributed by atoms with Crippen LogP contribution < -0.4 is 4.74 Å².